The van der Waals surface area contributed by atoms with E-state index >= 15 is 0 Å². The van der Waals surface area contributed by atoms with Gasteiger partial charge in [0.25, 0.3) is 0 Å². The number of pyridine rings is 1. The lowest BCUT2D eigenvalue weighted by molar-refractivity contribution is 0.0691. The van der Waals surface area contributed by atoms with E-state index in [1.165, 1.54) is 11.8 Å². The number of carboxylic acids is 1. The molecule has 0 spiro atoms. The Kier molecular flexibility index (Phi) is 6.10. The van der Waals surface area contributed by atoms with Gasteiger partial charge in [0.15, 0.2) is 10.9 Å². The molecule has 2 aliphatic rings. The van der Waals surface area contributed by atoms with Crippen molar-refractivity contribution in [3.8, 4) is 0 Å². The predicted octanol–water partition coefficient (Wildman–Crippen LogP) is 3.26. The highest BCUT2D eigenvalue weighted by atomic mass is 35.5. The first-order valence-corrected chi connectivity index (χ1v) is 13.4. The van der Waals surface area contributed by atoms with Crippen molar-refractivity contribution < 1.29 is 9.90 Å². The SMILES string of the molecule is CCc1[nH]c2nc(Sc3ccc4c(N5CC(N)C5)cc(C(=O)O)nc4c3)nc(N3CC[C@@H](N)C3)c2c1Cl. The molecule has 1 aromatic carbocycles. The second-order valence-corrected chi connectivity index (χ2v) is 11.0. The highest BCUT2D eigenvalue weighted by molar-refractivity contribution is 7.99. The molecule has 4 aromatic rings. The topological polar surface area (TPSA) is 150 Å². The summed E-state index contributed by atoms with van der Waals surface area (Å²) < 4.78 is 0. The van der Waals surface area contributed by atoms with Gasteiger partial charge in [-0.1, -0.05) is 18.5 Å². The van der Waals surface area contributed by atoms with Gasteiger partial charge in [-0.25, -0.2) is 19.7 Å². The van der Waals surface area contributed by atoms with E-state index in [1.54, 1.807) is 6.07 Å². The number of aromatic nitrogens is 4. The normalized spacial score (nSPS) is 18.2. The Morgan fingerprint density at radius 1 is 1.16 bits per heavy atom. The van der Waals surface area contributed by atoms with E-state index in [0.717, 1.165) is 52.3 Å². The maximum absolute atomic E-state index is 11.8. The van der Waals surface area contributed by atoms with Crippen molar-refractivity contribution in [2.75, 3.05) is 36.0 Å². The number of carboxylic acid groups (broad SMARTS) is 1. The molecule has 1 atom stereocenters. The summed E-state index contributed by atoms with van der Waals surface area (Å²) in [6.45, 7) is 4.93. The standard InChI is InChI=1S/C25H27ClN8O2S/c1-2-16-21(26)20-22(30-16)31-25(32-23(20)33-6-5-12(27)9-33)37-14-3-4-15-17(7-14)29-18(24(35)36)8-19(15)34-10-13(28)11-34/h3-4,7-8,12-13H,2,5-6,9-11,27-28H2,1H3,(H,35,36)(H,30,31,32)/t12-/m1/s1. The predicted molar refractivity (Wildman–Crippen MR) is 146 cm³/mol. The molecule has 0 amide bonds. The van der Waals surface area contributed by atoms with Crippen LogP contribution in [-0.2, 0) is 6.42 Å². The molecule has 2 saturated heterocycles. The Balaban J connectivity index is 1.41. The summed E-state index contributed by atoms with van der Waals surface area (Å²) >= 11 is 8.12. The van der Waals surface area contributed by atoms with Crippen LogP contribution in [-0.4, -0.2) is 69.3 Å². The molecule has 6 N–H and O–H groups in total. The van der Waals surface area contributed by atoms with Crippen LogP contribution in [0.4, 0.5) is 11.5 Å². The van der Waals surface area contributed by atoms with Gasteiger partial charge in [-0.15, -0.1) is 0 Å². The van der Waals surface area contributed by atoms with Gasteiger partial charge < -0.3 is 31.4 Å². The van der Waals surface area contributed by atoms with Gasteiger partial charge >= 0.3 is 5.97 Å². The molecule has 12 heteroatoms. The van der Waals surface area contributed by atoms with E-state index < -0.39 is 5.97 Å². The lowest BCUT2D eigenvalue weighted by Gasteiger charge is -2.39. The van der Waals surface area contributed by atoms with Crippen LogP contribution in [0.1, 0.15) is 29.5 Å². The largest absolute Gasteiger partial charge is 0.477 e. The first-order valence-electron chi connectivity index (χ1n) is 12.3. The number of rotatable bonds is 6. The number of fused-ring (bicyclic) bond motifs is 2. The molecule has 2 fully saturated rings. The van der Waals surface area contributed by atoms with Crippen molar-refractivity contribution in [2.45, 2.75) is 41.9 Å². The highest BCUT2D eigenvalue weighted by Gasteiger charge is 2.28. The van der Waals surface area contributed by atoms with Crippen LogP contribution in [0.5, 0.6) is 0 Å². The van der Waals surface area contributed by atoms with E-state index in [1.807, 2.05) is 25.1 Å². The molecule has 37 heavy (non-hydrogen) atoms. The minimum absolute atomic E-state index is 0.00331. The summed E-state index contributed by atoms with van der Waals surface area (Å²) in [5.41, 5.74) is 15.2. The first kappa shape index (κ1) is 24.2. The van der Waals surface area contributed by atoms with Gasteiger partial charge in [0.2, 0.25) is 0 Å². The van der Waals surface area contributed by atoms with Crippen molar-refractivity contribution >= 4 is 62.8 Å². The zero-order valence-electron chi connectivity index (χ0n) is 20.2. The van der Waals surface area contributed by atoms with Gasteiger partial charge in [-0.3, -0.25) is 0 Å². The molecule has 0 aliphatic carbocycles. The average molecular weight is 539 g/mol. The van der Waals surface area contributed by atoms with Crippen molar-refractivity contribution in [1.29, 1.82) is 0 Å². The molecule has 3 aromatic heterocycles. The molecular formula is C25H27ClN8O2S. The smallest absolute Gasteiger partial charge is 0.354 e. The van der Waals surface area contributed by atoms with E-state index in [0.29, 0.717) is 41.0 Å². The second-order valence-electron chi connectivity index (χ2n) is 9.60. The number of benzene rings is 1. The first-order chi connectivity index (χ1) is 17.8. The number of nitrogens with one attached hydrogen (secondary N) is 1. The number of hydrogen-bond donors (Lipinski definition) is 4. The van der Waals surface area contributed by atoms with E-state index in [2.05, 4.69) is 19.8 Å². The fourth-order valence-corrected chi connectivity index (χ4v) is 6.15. The molecule has 0 saturated carbocycles. The summed E-state index contributed by atoms with van der Waals surface area (Å²) in [7, 11) is 0. The van der Waals surface area contributed by atoms with Crippen molar-refractivity contribution in [2.24, 2.45) is 11.5 Å². The Hall–Kier alpha value is -3.12. The third-order valence-electron chi connectivity index (χ3n) is 6.94. The number of anilines is 2. The Labute approximate surface area is 222 Å². The fraction of sp³-hybridized carbons (Fsp3) is 0.360. The summed E-state index contributed by atoms with van der Waals surface area (Å²) in [5, 5.41) is 12.6. The van der Waals surface area contributed by atoms with Crippen LogP contribution in [0.15, 0.2) is 34.3 Å². The zero-order valence-corrected chi connectivity index (χ0v) is 21.8. The van der Waals surface area contributed by atoms with Crippen LogP contribution in [0.2, 0.25) is 5.02 Å². The molecule has 0 radical (unpaired) electrons. The number of aryl methyl sites for hydroxylation is 1. The van der Waals surface area contributed by atoms with Crippen molar-refractivity contribution in [1.82, 2.24) is 19.9 Å². The van der Waals surface area contributed by atoms with Crippen LogP contribution in [0.3, 0.4) is 0 Å². The Morgan fingerprint density at radius 3 is 2.62 bits per heavy atom. The van der Waals surface area contributed by atoms with Gasteiger partial charge in [0.1, 0.15) is 11.5 Å². The fourth-order valence-electron chi connectivity index (χ4n) is 5.01. The van der Waals surface area contributed by atoms with Crippen molar-refractivity contribution in [3.05, 3.63) is 40.7 Å². The summed E-state index contributed by atoms with van der Waals surface area (Å²) in [6, 6.07) is 7.63. The molecule has 0 unspecified atom stereocenters. The van der Waals surface area contributed by atoms with Gasteiger partial charge in [0.05, 0.1) is 15.9 Å². The summed E-state index contributed by atoms with van der Waals surface area (Å²) in [6.07, 6.45) is 1.65. The number of halogens is 1. The van der Waals surface area contributed by atoms with E-state index in [-0.39, 0.29) is 17.8 Å². The number of aromatic amines is 1. The molecule has 5 heterocycles. The lowest BCUT2D eigenvalue weighted by atomic mass is 10.1. The number of nitrogens with zero attached hydrogens (tertiary/aromatic N) is 5. The highest BCUT2D eigenvalue weighted by Crippen LogP contribution is 2.39. The summed E-state index contributed by atoms with van der Waals surface area (Å²) in [4.78, 5) is 34.3. The molecule has 0 bridgehead atoms. The van der Waals surface area contributed by atoms with Crippen LogP contribution < -0.4 is 21.3 Å². The van der Waals surface area contributed by atoms with E-state index in [4.69, 9.17) is 33.0 Å². The maximum atomic E-state index is 11.8. The van der Waals surface area contributed by atoms with E-state index in [9.17, 15) is 9.90 Å². The summed E-state index contributed by atoms with van der Waals surface area (Å²) in [5.74, 6) is -0.284. The minimum Gasteiger partial charge on any atom is -0.477 e. The quantitative estimate of drug-likeness (QED) is 0.269. The molecule has 10 nitrogen and oxygen atoms in total. The average Bonchev–Trinajstić information content (AvgIpc) is 3.43. The lowest BCUT2D eigenvalue weighted by Crippen LogP contribution is -2.56. The minimum atomic E-state index is -1.07. The van der Waals surface area contributed by atoms with Crippen LogP contribution in [0.25, 0.3) is 21.9 Å². The molecule has 6 rings (SSSR count). The molecule has 192 valence electrons. The van der Waals surface area contributed by atoms with Crippen molar-refractivity contribution in [3.63, 3.8) is 0 Å². The molecular weight excluding hydrogens is 512 g/mol. The Morgan fingerprint density at radius 2 is 1.95 bits per heavy atom. The molecule has 2 aliphatic heterocycles. The third kappa shape index (κ3) is 4.35. The number of carbonyl (C=O) groups is 1. The van der Waals surface area contributed by atoms with Gasteiger partial charge in [0, 0.05) is 59.9 Å². The number of aromatic carboxylic acids is 1. The van der Waals surface area contributed by atoms with Crippen LogP contribution in [0, 0.1) is 0 Å². The van der Waals surface area contributed by atoms with Gasteiger partial charge in [-0.05, 0) is 48.9 Å². The zero-order chi connectivity index (χ0) is 25.8. The van der Waals surface area contributed by atoms with Gasteiger partial charge in [-0.2, -0.15) is 0 Å². The number of nitrogens with two attached hydrogens (primary N) is 2. The maximum Gasteiger partial charge on any atom is 0.354 e. The Bertz CT molecular complexity index is 1540. The monoisotopic (exact) mass is 538 g/mol. The van der Waals surface area contributed by atoms with Crippen LogP contribution >= 0.6 is 23.4 Å². The number of H-pyrrole nitrogens is 1. The number of hydrogen-bond acceptors (Lipinski definition) is 9. The third-order valence-corrected chi connectivity index (χ3v) is 8.21. The second kappa shape index (κ2) is 9.32.